The van der Waals surface area contributed by atoms with Crippen molar-refractivity contribution >= 4 is 29.4 Å². The monoisotopic (exact) mass is 380 g/mol. The molecule has 1 heterocycles. The molecule has 0 amide bonds. The molecule has 118 valence electrons. The third kappa shape index (κ3) is 2.79. The van der Waals surface area contributed by atoms with E-state index in [2.05, 4.69) is 14.8 Å². The molecule has 1 unspecified atom stereocenters. The molecule has 1 aliphatic heterocycles. The van der Waals surface area contributed by atoms with Gasteiger partial charge in [0.2, 0.25) is 0 Å². The number of allylic oxidation sites excluding steroid dienone is 1. The molecule has 0 aliphatic carbocycles. The summed E-state index contributed by atoms with van der Waals surface area (Å²) in [5, 5.41) is 0. The Morgan fingerprint density at radius 1 is 1.14 bits per heavy atom. The van der Waals surface area contributed by atoms with Crippen molar-refractivity contribution in [1.82, 2.24) is 0 Å². The summed E-state index contributed by atoms with van der Waals surface area (Å²) < 4.78 is 41.3. The van der Waals surface area contributed by atoms with Crippen molar-refractivity contribution in [3.05, 3.63) is 34.2 Å². The standard InChI is InChI=1S/C16H20BrF3S/c1-5-6-13-9-11-7-8-12(15(2,3)4)10-14(11)21(13,17)16(18,19)20/h7-10H,5-6H2,1-4H3. The topological polar surface area (TPSA) is 0 Å². The van der Waals surface area contributed by atoms with Crippen LogP contribution in [0.5, 0.6) is 0 Å². The van der Waals surface area contributed by atoms with E-state index in [0.717, 1.165) is 5.56 Å². The van der Waals surface area contributed by atoms with Gasteiger partial charge in [0.05, 0.1) is 0 Å². The highest BCUT2D eigenvalue weighted by molar-refractivity contribution is 9.59. The van der Waals surface area contributed by atoms with Crippen LogP contribution in [0.1, 0.15) is 51.7 Å². The van der Waals surface area contributed by atoms with E-state index in [1.807, 2.05) is 39.8 Å². The molecule has 0 spiro atoms. The van der Waals surface area contributed by atoms with Crippen molar-refractivity contribution in [2.45, 2.75) is 56.4 Å². The summed E-state index contributed by atoms with van der Waals surface area (Å²) >= 11 is 3.12. The Hall–Kier alpha value is -0.420. The van der Waals surface area contributed by atoms with Gasteiger partial charge in [0.15, 0.2) is 0 Å². The van der Waals surface area contributed by atoms with E-state index in [1.165, 1.54) is 0 Å². The molecule has 0 N–H and O–H groups in total. The molecule has 1 aliphatic rings. The van der Waals surface area contributed by atoms with Gasteiger partial charge < -0.3 is 0 Å². The van der Waals surface area contributed by atoms with Gasteiger partial charge in [-0.3, -0.25) is 0 Å². The predicted octanol–water partition coefficient (Wildman–Crippen LogP) is 7.13. The SMILES string of the molecule is CCCC1=Cc2ccc(C(C)(C)C)cc2S1(Br)C(F)(F)F. The number of alkyl halides is 3. The molecule has 2 rings (SSSR count). The van der Waals surface area contributed by atoms with Gasteiger partial charge >= 0.3 is 5.51 Å². The highest BCUT2D eigenvalue weighted by Crippen LogP contribution is 2.81. The largest absolute Gasteiger partial charge is 0.442 e. The van der Waals surface area contributed by atoms with Gasteiger partial charge in [-0.25, -0.2) is 0 Å². The summed E-state index contributed by atoms with van der Waals surface area (Å²) in [6.07, 6.45) is 2.91. The van der Waals surface area contributed by atoms with Gasteiger partial charge in [-0.15, -0.1) is 0 Å². The number of benzene rings is 1. The van der Waals surface area contributed by atoms with E-state index in [1.54, 1.807) is 12.1 Å². The van der Waals surface area contributed by atoms with Crippen molar-refractivity contribution in [1.29, 1.82) is 0 Å². The van der Waals surface area contributed by atoms with Gasteiger partial charge in [0, 0.05) is 4.90 Å². The van der Waals surface area contributed by atoms with Gasteiger partial charge in [0.1, 0.15) is 0 Å². The lowest BCUT2D eigenvalue weighted by atomic mass is 9.86. The third-order valence-corrected chi connectivity index (χ3v) is 9.71. The average Bonchev–Trinajstić information content (AvgIpc) is 2.62. The smallest absolute Gasteiger partial charge is 0.160 e. The summed E-state index contributed by atoms with van der Waals surface area (Å²) in [6.45, 7) is 7.96. The molecule has 1 aromatic rings. The first kappa shape index (κ1) is 16.9. The molecular weight excluding hydrogens is 361 g/mol. The summed E-state index contributed by atoms with van der Waals surface area (Å²) in [6, 6.07) is 5.51. The molecule has 0 fully saturated rings. The Bertz CT molecular complexity index is 584. The molecule has 1 atom stereocenters. The summed E-state index contributed by atoms with van der Waals surface area (Å²) in [5.41, 5.74) is -2.79. The number of halogens is 4. The van der Waals surface area contributed by atoms with Crippen molar-refractivity contribution in [2.75, 3.05) is 0 Å². The third-order valence-electron chi connectivity index (χ3n) is 3.68. The van der Waals surface area contributed by atoms with Crippen LogP contribution in [0.15, 0.2) is 28.0 Å². The molecule has 5 heteroatoms. The van der Waals surface area contributed by atoms with Gasteiger partial charge in [-0.05, 0) is 63.3 Å². The lowest BCUT2D eigenvalue weighted by Crippen LogP contribution is -2.17. The molecule has 1 aromatic carbocycles. The first-order chi connectivity index (χ1) is 9.51. The van der Waals surface area contributed by atoms with Crippen molar-refractivity contribution in [3.63, 3.8) is 0 Å². The summed E-state index contributed by atoms with van der Waals surface area (Å²) in [7, 11) is -3.09. The zero-order valence-electron chi connectivity index (χ0n) is 12.6. The van der Waals surface area contributed by atoms with Gasteiger partial charge in [-0.2, -0.15) is 13.2 Å². The normalized spacial score (nSPS) is 25.2. The van der Waals surface area contributed by atoms with Crippen LogP contribution >= 0.6 is 23.3 Å². The average molecular weight is 381 g/mol. The first-order valence-electron chi connectivity index (χ1n) is 6.96. The fourth-order valence-electron chi connectivity index (χ4n) is 2.49. The van der Waals surface area contributed by atoms with Crippen molar-refractivity contribution in [2.24, 2.45) is 0 Å². The van der Waals surface area contributed by atoms with Gasteiger partial charge in [-0.1, -0.05) is 46.2 Å². The second-order valence-corrected chi connectivity index (χ2v) is 11.8. The Labute approximate surface area is 133 Å². The van der Waals surface area contributed by atoms with E-state index in [4.69, 9.17) is 0 Å². The zero-order chi connectivity index (χ0) is 16.1. The second kappa shape index (κ2) is 5.34. The van der Waals surface area contributed by atoms with E-state index in [9.17, 15) is 13.2 Å². The Balaban J connectivity index is 2.63. The van der Waals surface area contributed by atoms with Crippen LogP contribution in [0.25, 0.3) is 6.08 Å². The van der Waals surface area contributed by atoms with Crippen LogP contribution < -0.4 is 0 Å². The molecule has 0 bridgehead atoms. The van der Waals surface area contributed by atoms with Crippen LogP contribution in [-0.4, -0.2) is 5.51 Å². The highest BCUT2D eigenvalue weighted by atomic mass is 79.9. The van der Waals surface area contributed by atoms with Crippen LogP contribution in [0.2, 0.25) is 0 Å². The number of rotatable bonds is 2. The van der Waals surface area contributed by atoms with Crippen molar-refractivity contribution < 1.29 is 13.2 Å². The minimum absolute atomic E-state index is 0.165. The maximum Gasteiger partial charge on any atom is 0.442 e. The number of hydrogen-bond acceptors (Lipinski definition) is 0. The van der Waals surface area contributed by atoms with Crippen LogP contribution in [-0.2, 0) is 5.41 Å². The maximum atomic E-state index is 13.8. The number of hydrogen-bond donors (Lipinski definition) is 0. The summed E-state index contributed by atoms with van der Waals surface area (Å²) in [4.78, 5) is 0.893. The maximum absolute atomic E-state index is 13.8. The highest BCUT2D eigenvalue weighted by Gasteiger charge is 2.55. The molecule has 0 radical (unpaired) electrons. The Morgan fingerprint density at radius 2 is 1.76 bits per heavy atom. The molecule has 0 aromatic heterocycles. The molecule has 0 nitrogen and oxygen atoms in total. The zero-order valence-corrected chi connectivity index (χ0v) is 15.0. The Morgan fingerprint density at radius 3 is 2.24 bits per heavy atom. The fraction of sp³-hybridized carbons (Fsp3) is 0.500. The van der Waals surface area contributed by atoms with Crippen LogP contribution in [0.3, 0.4) is 0 Å². The van der Waals surface area contributed by atoms with Gasteiger partial charge in [0.25, 0.3) is 0 Å². The molecule has 0 saturated carbocycles. The molecule has 21 heavy (non-hydrogen) atoms. The van der Waals surface area contributed by atoms with E-state index in [-0.39, 0.29) is 5.41 Å². The van der Waals surface area contributed by atoms with E-state index >= 15 is 0 Å². The quantitative estimate of drug-likeness (QED) is 0.511. The minimum Gasteiger partial charge on any atom is -0.160 e. The van der Waals surface area contributed by atoms with E-state index in [0.29, 0.717) is 28.2 Å². The van der Waals surface area contributed by atoms with Crippen molar-refractivity contribution in [3.8, 4) is 0 Å². The van der Waals surface area contributed by atoms with E-state index < -0.39 is 14.0 Å². The first-order valence-corrected chi connectivity index (χ1v) is 10.4. The predicted molar refractivity (Wildman–Crippen MR) is 88.9 cm³/mol. The fourth-order valence-corrected chi connectivity index (χ4v) is 6.44. The lowest BCUT2D eigenvalue weighted by molar-refractivity contribution is -0.0355. The lowest BCUT2D eigenvalue weighted by Gasteiger charge is -2.35. The van der Waals surface area contributed by atoms with Crippen LogP contribution in [0, 0.1) is 0 Å². The second-order valence-electron chi connectivity index (χ2n) is 6.35. The molecule has 0 saturated heterocycles. The number of fused-ring (bicyclic) bond motifs is 1. The minimum atomic E-state index is -4.27. The van der Waals surface area contributed by atoms with Crippen LogP contribution in [0.4, 0.5) is 13.2 Å². The summed E-state index contributed by atoms with van der Waals surface area (Å²) in [5.74, 6) is 0. The Kier molecular flexibility index (Phi) is 4.31. The molecular formula is C16H20BrF3S.